The van der Waals surface area contributed by atoms with Crippen molar-refractivity contribution < 1.29 is 23.7 Å². The van der Waals surface area contributed by atoms with Crippen LogP contribution in [-0.2, 0) is 9.47 Å². The Hall–Kier alpha value is -1.75. The molecule has 1 aromatic carbocycles. The van der Waals surface area contributed by atoms with Crippen LogP contribution in [0.25, 0.3) is 0 Å². The molecular formula is C17H26O5. The monoisotopic (exact) mass is 310 g/mol. The van der Waals surface area contributed by atoms with Gasteiger partial charge < -0.3 is 18.9 Å². The Balaban J connectivity index is 2.70. The predicted octanol–water partition coefficient (Wildman–Crippen LogP) is 3.81. The summed E-state index contributed by atoms with van der Waals surface area (Å²) in [4.78, 5) is 11.8. The molecule has 0 aliphatic carbocycles. The van der Waals surface area contributed by atoms with Gasteiger partial charge in [0.25, 0.3) is 0 Å². The molecule has 22 heavy (non-hydrogen) atoms. The van der Waals surface area contributed by atoms with E-state index in [1.54, 1.807) is 32.2 Å². The molecule has 0 saturated heterocycles. The van der Waals surface area contributed by atoms with E-state index in [0.29, 0.717) is 30.3 Å². The molecule has 0 aliphatic rings. The van der Waals surface area contributed by atoms with Gasteiger partial charge in [0.15, 0.2) is 18.3 Å². The average Bonchev–Trinajstić information content (AvgIpc) is 2.53. The molecule has 0 aliphatic heterocycles. The van der Waals surface area contributed by atoms with E-state index in [1.807, 2.05) is 0 Å². The highest BCUT2D eigenvalue weighted by atomic mass is 16.7. The zero-order chi connectivity index (χ0) is 16.2. The molecule has 0 amide bonds. The van der Waals surface area contributed by atoms with Crippen LogP contribution in [0.3, 0.4) is 0 Å². The van der Waals surface area contributed by atoms with Crippen LogP contribution in [0.4, 0.5) is 0 Å². The van der Waals surface area contributed by atoms with Gasteiger partial charge >= 0.3 is 5.97 Å². The number of ether oxygens (including phenoxy) is 4. The fraction of sp³-hybridized carbons (Fsp3) is 0.588. The number of carbonyl (C=O) groups is 1. The Morgan fingerprint density at radius 1 is 1.05 bits per heavy atom. The summed E-state index contributed by atoms with van der Waals surface area (Å²) in [5, 5.41) is 0. The van der Waals surface area contributed by atoms with Crippen LogP contribution in [0, 0.1) is 0 Å². The molecule has 0 fully saturated rings. The molecule has 0 heterocycles. The molecule has 0 aromatic heterocycles. The molecule has 0 unspecified atom stereocenters. The normalized spacial score (nSPS) is 10.3. The molecule has 0 spiro atoms. The molecule has 1 rings (SSSR count). The zero-order valence-corrected chi connectivity index (χ0v) is 13.7. The average molecular weight is 310 g/mol. The Kier molecular flexibility index (Phi) is 9.07. The number of hydrogen-bond donors (Lipinski definition) is 0. The van der Waals surface area contributed by atoms with Gasteiger partial charge in [0, 0.05) is 7.11 Å². The van der Waals surface area contributed by atoms with E-state index >= 15 is 0 Å². The number of benzene rings is 1. The Morgan fingerprint density at radius 3 is 2.55 bits per heavy atom. The summed E-state index contributed by atoms with van der Waals surface area (Å²) < 4.78 is 21.1. The quantitative estimate of drug-likeness (QED) is 0.353. The van der Waals surface area contributed by atoms with Crippen molar-refractivity contribution in [2.45, 2.75) is 39.5 Å². The van der Waals surface area contributed by atoms with Gasteiger partial charge in [0.1, 0.15) is 0 Å². The van der Waals surface area contributed by atoms with Crippen LogP contribution < -0.4 is 9.47 Å². The van der Waals surface area contributed by atoms with Crippen molar-refractivity contribution >= 4 is 5.97 Å². The first-order valence-corrected chi connectivity index (χ1v) is 7.78. The lowest BCUT2D eigenvalue weighted by molar-refractivity contribution is 0.0471. The van der Waals surface area contributed by atoms with Crippen LogP contribution in [0.5, 0.6) is 11.5 Å². The van der Waals surface area contributed by atoms with E-state index < -0.39 is 0 Å². The van der Waals surface area contributed by atoms with Crippen LogP contribution in [0.15, 0.2) is 18.2 Å². The molecule has 5 heteroatoms. The highest BCUT2D eigenvalue weighted by molar-refractivity contribution is 5.90. The van der Waals surface area contributed by atoms with Crippen molar-refractivity contribution in [1.82, 2.24) is 0 Å². The maximum absolute atomic E-state index is 11.8. The van der Waals surface area contributed by atoms with Gasteiger partial charge in [-0.25, -0.2) is 4.79 Å². The third-order valence-corrected chi connectivity index (χ3v) is 3.04. The Morgan fingerprint density at radius 2 is 1.86 bits per heavy atom. The Labute approximate surface area is 132 Å². The SMILES string of the molecule is CCCCCCOc1ccc(C(=O)OCC)cc1OCOC. The maximum Gasteiger partial charge on any atom is 0.338 e. The van der Waals surface area contributed by atoms with Crippen LogP contribution in [-0.4, -0.2) is 33.1 Å². The lowest BCUT2D eigenvalue weighted by atomic mass is 10.2. The summed E-state index contributed by atoms with van der Waals surface area (Å²) in [5.41, 5.74) is 0.436. The third kappa shape index (κ3) is 6.35. The highest BCUT2D eigenvalue weighted by Gasteiger charge is 2.12. The van der Waals surface area contributed by atoms with Crippen molar-refractivity contribution in [2.24, 2.45) is 0 Å². The number of esters is 1. The topological polar surface area (TPSA) is 54.0 Å². The predicted molar refractivity (Wildman–Crippen MR) is 84.5 cm³/mol. The number of hydrogen-bond acceptors (Lipinski definition) is 5. The first kappa shape index (κ1) is 18.3. The van der Waals surface area contributed by atoms with Gasteiger partial charge in [-0.1, -0.05) is 26.2 Å². The summed E-state index contributed by atoms with van der Waals surface area (Å²) in [5.74, 6) is 0.726. The van der Waals surface area contributed by atoms with E-state index in [4.69, 9.17) is 18.9 Å². The summed E-state index contributed by atoms with van der Waals surface area (Å²) >= 11 is 0. The van der Waals surface area contributed by atoms with E-state index in [0.717, 1.165) is 12.8 Å². The molecule has 0 N–H and O–H groups in total. The summed E-state index contributed by atoms with van der Waals surface area (Å²) in [6.07, 6.45) is 4.54. The molecule has 0 radical (unpaired) electrons. The van der Waals surface area contributed by atoms with E-state index in [1.165, 1.54) is 12.8 Å². The third-order valence-electron chi connectivity index (χ3n) is 3.04. The van der Waals surface area contributed by atoms with Gasteiger partial charge in [0.2, 0.25) is 0 Å². The van der Waals surface area contributed by atoms with E-state index in [9.17, 15) is 4.79 Å². The van der Waals surface area contributed by atoms with Crippen molar-refractivity contribution in [1.29, 1.82) is 0 Å². The molecule has 5 nitrogen and oxygen atoms in total. The molecule has 0 atom stereocenters. The van der Waals surface area contributed by atoms with Crippen molar-refractivity contribution in [3.05, 3.63) is 23.8 Å². The lowest BCUT2D eigenvalue weighted by Gasteiger charge is -2.13. The number of rotatable bonds is 11. The number of carbonyl (C=O) groups excluding carboxylic acids is 1. The van der Waals surface area contributed by atoms with Gasteiger partial charge in [-0.15, -0.1) is 0 Å². The largest absolute Gasteiger partial charge is 0.490 e. The standard InChI is InChI=1S/C17H26O5/c1-4-6-7-8-11-21-15-10-9-14(17(18)20-5-2)12-16(15)22-13-19-3/h9-10,12H,4-8,11,13H2,1-3H3. The van der Waals surface area contributed by atoms with Crippen LogP contribution >= 0.6 is 0 Å². The van der Waals surface area contributed by atoms with Gasteiger partial charge in [-0.2, -0.15) is 0 Å². The number of methoxy groups -OCH3 is 1. The zero-order valence-electron chi connectivity index (χ0n) is 13.7. The maximum atomic E-state index is 11.8. The summed E-state index contributed by atoms with van der Waals surface area (Å²) in [7, 11) is 1.54. The number of unbranched alkanes of at least 4 members (excludes halogenated alkanes) is 3. The fourth-order valence-corrected chi connectivity index (χ4v) is 1.91. The summed E-state index contributed by atoms with van der Waals surface area (Å²) in [6.45, 7) is 5.00. The van der Waals surface area contributed by atoms with Crippen molar-refractivity contribution in [3.63, 3.8) is 0 Å². The van der Waals surface area contributed by atoms with E-state index in [2.05, 4.69) is 6.92 Å². The first-order chi connectivity index (χ1) is 10.7. The van der Waals surface area contributed by atoms with Gasteiger partial charge in [-0.3, -0.25) is 0 Å². The minimum atomic E-state index is -0.376. The molecule has 1 aromatic rings. The van der Waals surface area contributed by atoms with Crippen molar-refractivity contribution in [3.8, 4) is 11.5 Å². The minimum Gasteiger partial charge on any atom is -0.490 e. The second kappa shape index (κ2) is 10.9. The van der Waals surface area contributed by atoms with Gasteiger partial charge in [0.05, 0.1) is 18.8 Å². The lowest BCUT2D eigenvalue weighted by Crippen LogP contribution is -2.07. The Bertz CT molecular complexity index is 445. The fourth-order valence-electron chi connectivity index (χ4n) is 1.91. The second-order valence-corrected chi connectivity index (χ2v) is 4.84. The summed E-state index contributed by atoms with van der Waals surface area (Å²) in [6, 6.07) is 5.04. The second-order valence-electron chi connectivity index (χ2n) is 4.84. The van der Waals surface area contributed by atoms with E-state index in [-0.39, 0.29) is 12.8 Å². The first-order valence-electron chi connectivity index (χ1n) is 7.78. The minimum absolute atomic E-state index is 0.0957. The molecular weight excluding hydrogens is 284 g/mol. The highest BCUT2D eigenvalue weighted by Crippen LogP contribution is 2.29. The smallest absolute Gasteiger partial charge is 0.338 e. The molecule has 0 saturated carbocycles. The molecule has 124 valence electrons. The molecule has 0 bridgehead atoms. The van der Waals surface area contributed by atoms with Crippen LogP contribution in [0.1, 0.15) is 49.9 Å². The van der Waals surface area contributed by atoms with Crippen LogP contribution in [0.2, 0.25) is 0 Å². The van der Waals surface area contributed by atoms with Crippen molar-refractivity contribution in [2.75, 3.05) is 27.1 Å². The van der Waals surface area contributed by atoms with Gasteiger partial charge in [-0.05, 0) is 31.5 Å².